The number of carbonyl (C=O) groups excluding carboxylic acids is 1. The standard InChI is InChI=1S/C19H27NO/c1-13-4-3-5-15(6-13)18-8-14-7-17(2,10-18)11-19(9-14,12-18)16(20)21/h3-5,13-14H,6-12H2,1-2H3,(H2,20,21)/t13?,14?,17-,18-,19?/m0/s1. The van der Waals surface area contributed by atoms with Crippen molar-refractivity contribution < 1.29 is 4.79 Å². The highest BCUT2D eigenvalue weighted by atomic mass is 16.1. The molecule has 5 aliphatic carbocycles. The van der Waals surface area contributed by atoms with Crippen molar-refractivity contribution in [3.8, 4) is 0 Å². The maximum atomic E-state index is 12.3. The third kappa shape index (κ3) is 1.87. The third-order valence-corrected chi connectivity index (χ3v) is 6.83. The van der Waals surface area contributed by atoms with Crippen LogP contribution in [0.3, 0.4) is 0 Å². The van der Waals surface area contributed by atoms with E-state index >= 15 is 0 Å². The average molecular weight is 285 g/mol. The van der Waals surface area contributed by atoms with Crippen LogP contribution in [0, 0.1) is 28.1 Å². The molecule has 0 spiro atoms. The molecule has 0 saturated heterocycles. The molecule has 2 N–H and O–H groups in total. The second kappa shape index (κ2) is 4.02. The van der Waals surface area contributed by atoms with Crippen LogP contribution in [0.2, 0.25) is 0 Å². The highest BCUT2D eigenvalue weighted by Crippen LogP contribution is 2.71. The summed E-state index contributed by atoms with van der Waals surface area (Å²) in [6, 6.07) is 0. The molecule has 2 nitrogen and oxygen atoms in total. The lowest BCUT2D eigenvalue weighted by Crippen LogP contribution is -2.60. The van der Waals surface area contributed by atoms with E-state index < -0.39 is 0 Å². The SMILES string of the molecule is CC1C=CC=C([C@@]23CC4CC(C(N)=O)(C[C@@](C)(C4)C2)C3)C1. The molecule has 4 saturated carbocycles. The first-order chi connectivity index (χ1) is 9.85. The predicted octanol–water partition coefficient (Wildman–Crippen LogP) is 3.97. The van der Waals surface area contributed by atoms with Gasteiger partial charge in [0.05, 0.1) is 5.41 Å². The molecule has 21 heavy (non-hydrogen) atoms. The van der Waals surface area contributed by atoms with Crippen LogP contribution in [0.4, 0.5) is 0 Å². The largest absolute Gasteiger partial charge is 0.369 e. The molecule has 0 heterocycles. The second-order valence-corrected chi connectivity index (χ2v) is 9.00. The van der Waals surface area contributed by atoms with Gasteiger partial charge in [-0.2, -0.15) is 0 Å². The molecule has 0 aliphatic heterocycles. The molecule has 0 aromatic rings. The van der Waals surface area contributed by atoms with Crippen LogP contribution in [0.25, 0.3) is 0 Å². The number of amides is 1. The Balaban J connectivity index is 1.78. The van der Waals surface area contributed by atoms with E-state index in [1.807, 2.05) is 0 Å². The van der Waals surface area contributed by atoms with Crippen LogP contribution in [0.5, 0.6) is 0 Å². The Bertz CT molecular complexity index is 562. The van der Waals surface area contributed by atoms with E-state index in [1.54, 1.807) is 5.57 Å². The summed E-state index contributed by atoms with van der Waals surface area (Å²) in [4.78, 5) is 12.3. The van der Waals surface area contributed by atoms with Gasteiger partial charge in [0.25, 0.3) is 0 Å². The molecular weight excluding hydrogens is 258 g/mol. The summed E-state index contributed by atoms with van der Waals surface area (Å²) in [6.07, 6.45) is 15.1. The van der Waals surface area contributed by atoms with Crippen molar-refractivity contribution in [2.45, 2.75) is 58.8 Å². The minimum absolute atomic E-state index is 0.0257. The Kier molecular flexibility index (Phi) is 2.61. The topological polar surface area (TPSA) is 43.1 Å². The van der Waals surface area contributed by atoms with E-state index in [9.17, 15) is 4.79 Å². The summed E-state index contributed by atoms with van der Waals surface area (Å²) in [5.74, 6) is 1.32. The Morgan fingerprint density at radius 3 is 2.71 bits per heavy atom. The molecule has 0 aromatic heterocycles. The quantitative estimate of drug-likeness (QED) is 0.819. The van der Waals surface area contributed by atoms with Gasteiger partial charge in [-0.1, -0.05) is 37.6 Å². The van der Waals surface area contributed by atoms with E-state index in [0.29, 0.717) is 17.3 Å². The smallest absolute Gasteiger partial charge is 0.223 e. The van der Waals surface area contributed by atoms with E-state index in [-0.39, 0.29) is 16.7 Å². The number of primary amides is 1. The molecule has 114 valence electrons. The summed E-state index contributed by atoms with van der Waals surface area (Å²) >= 11 is 0. The van der Waals surface area contributed by atoms with E-state index in [2.05, 4.69) is 32.1 Å². The van der Waals surface area contributed by atoms with Crippen LogP contribution >= 0.6 is 0 Å². The molecule has 2 heteroatoms. The summed E-state index contributed by atoms with van der Waals surface area (Å²) in [5, 5.41) is 0. The van der Waals surface area contributed by atoms with Crippen molar-refractivity contribution in [1.82, 2.24) is 0 Å². The van der Waals surface area contributed by atoms with E-state index in [4.69, 9.17) is 5.73 Å². The van der Waals surface area contributed by atoms with Crippen molar-refractivity contribution in [2.75, 3.05) is 0 Å². The van der Waals surface area contributed by atoms with Gasteiger partial charge >= 0.3 is 0 Å². The van der Waals surface area contributed by atoms with Gasteiger partial charge in [-0.05, 0) is 67.6 Å². The third-order valence-electron chi connectivity index (χ3n) is 6.83. The van der Waals surface area contributed by atoms with Crippen LogP contribution in [-0.2, 0) is 4.79 Å². The Morgan fingerprint density at radius 2 is 2.05 bits per heavy atom. The molecule has 5 aliphatic rings. The van der Waals surface area contributed by atoms with Crippen LogP contribution in [-0.4, -0.2) is 5.91 Å². The van der Waals surface area contributed by atoms with Gasteiger partial charge < -0.3 is 5.73 Å². The monoisotopic (exact) mass is 285 g/mol. The fraction of sp³-hybridized carbons (Fsp3) is 0.737. The maximum absolute atomic E-state index is 12.3. The van der Waals surface area contributed by atoms with Gasteiger partial charge in [-0.15, -0.1) is 0 Å². The molecule has 5 rings (SSSR count). The first kappa shape index (κ1) is 13.6. The number of hydrogen-bond acceptors (Lipinski definition) is 1. The Hall–Kier alpha value is -1.05. The van der Waals surface area contributed by atoms with E-state index in [1.165, 1.54) is 25.7 Å². The fourth-order valence-corrected chi connectivity index (χ4v) is 6.79. The van der Waals surface area contributed by atoms with Gasteiger partial charge in [0, 0.05) is 0 Å². The number of nitrogens with two attached hydrogens (primary N) is 1. The predicted molar refractivity (Wildman–Crippen MR) is 84.4 cm³/mol. The van der Waals surface area contributed by atoms with Crippen LogP contribution in [0.1, 0.15) is 58.8 Å². The molecule has 5 atom stereocenters. The Morgan fingerprint density at radius 1 is 1.24 bits per heavy atom. The number of allylic oxidation sites excluding steroid dienone is 4. The lowest BCUT2D eigenvalue weighted by atomic mass is 9.38. The molecule has 4 bridgehead atoms. The molecule has 0 aromatic carbocycles. The molecular formula is C19H27NO. The molecule has 3 unspecified atom stereocenters. The zero-order valence-corrected chi connectivity index (χ0v) is 13.3. The first-order valence-corrected chi connectivity index (χ1v) is 8.53. The van der Waals surface area contributed by atoms with Gasteiger partial charge in [0.1, 0.15) is 0 Å². The van der Waals surface area contributed by atoms with Gasteiger partial charge in [0.2, 0.25) is 5.91 Å². The normalized spacial score (nSPS) is 51.0. The van der Waals surface area contributed by atoms with Crippen molar-refractivity contribution in [3.05, 3.63) is 23.8 Å². The zero-order chi connectivity index (χ0) is 14.9. The van der Waals surface area contributed by atoms with Crippen molar-refractivity contribution in [1.29, 1.82) is 0 Å². The van der Waals surface area contributed by atoms with E-state index in [0.717, 1.165) is 19.3 Å². The van der Waals surface area contributed by atoms with Gasteiger partial charge in [-0.3, -0.25) is 4.79 Å². The molecule has 4 fully saturated rings. The van der Waals surface area contributed by atoms with Gasteiger partial charge in [-0.25, -0.2) is 0 Å². The lowest BCUT2D eigenvalue weighted by Gasteiger charge is -2.66. The van der Waals surface area contributed by atoms with Crippen LogP contribution < -0.4 is 5.73 Å². The Labute approximate surface area is 127 Å². The maximum Gasteiger partial charge on any atom is 0.223 e. The average Bonchev–Trinajstić information content (AvgIpc) is 2.35. The van der Waals surface area contributed by atoms with Crippen molar-refractivity contribution >= 4 is 5.91 Å². The molecule has 0 radical (unpaired) electrons. The van der Waals surface area contributed by atoms with Crippen LogP contribution in [0.15, 0.2) is 23.8 Å². The highest BCUT2D eigenvalue weighted by molar-refractivity contribution is 5.81. The first-order valence-electron chi connectivity index (χ1n) is 8.53. The number of carbonyl (C=O) groups is 1. The summed E-state index contributed by atoms with van der Waals surface area (Å²) < 4.78 is 0. The van der Waals surface area contributed by atoms with Crippen molar-refractivity contribution in [3.63, 3.8) is 0 Å². The zero-order valence-electron chi connectivity index (χ0n) is 13.3. The number of hydrogen-bond donors (Lipinski definition) is 1. The summed E-state index contributed by atoms with van der Waals surface area (Å²) in [6.45, 7) is 4.71. The minimum atomic E-state index is -0.209. The highest BCUT2D eigenvalue weighted by Gasteiger charge is 2.64. The summed E-state index contributed by atoms with van der Waals surface area (Å²) in [7, 11) is 0. The minimum Gasteiger partial charge on any atom is -0.369 e. The lowest BCUT2D eigenvalue weighted by molar-refractivity contribution is -0.164. The molecule has 1 amide bonds. The summed E-state index contributed by atoms with van der Waals surface area (Å²) in [5.41, 5.74) is 7.89. The fourth-order valence-electron chi connectivity index (χ4n) is 6.79. The van der Waals surface area contributed by atoms with Gasteiger partial charge in [0.15, 0.2) is 0 Å². The second-order valence-electron chi connectivity index (χ2n) is 9.00. The van der Waals surface area contributed by atoms with Crippen molar-refractivity contribution in [2.24, 2.45) is 33.8 Å². The number of rotatable bonds is 2.